The number of hydrogen-bond acceptors (Lipinski definition) is 6. The molecule has 1 aliphatic rings. The predicted octanol–water partition coefficient (Wildman–Crippen LogP) is -2.73. The maximum absolute atomic E-state index is 5.34. The van der Waals surface area contributed by atoms with Crippen molar-refractivity contribution < 1.29 is 0 Å². The van der Waals surface area contributed by atoms with Gasteiger partial charge in [-0.25, -0.2) is 0 Å². The molecule has 56 valence electrons. The van der Waals surface area contributed by atoms with E-state index in [-0.39, 0.29) is 23.3 Å². The van der Waals surface area contributed by atoms with Gasteiger partial charge in [0.2, 0.25) is 0 Å². The molecule has 1 aliphatic heterocycles. The standard InChI is InChI=1S/C4H10N6/c5-1-2(6)10-4(8)3(7)9-1/h9-10H,5-8H2. The average Bonchev–Trinajstić information content (AvgIpc) is 1.84. The van der Waals surface area contributed by atoms with Gasteiger partial charge in [0.05, 0.1) is 0 Å². The van der Waals surface area contributed by atoms with Crippen molar-refractivity contribution >= 4 is 0 Å². The molecule has 0 aromatic heterocycles. The van der Waals surface area contributed by atoms with Gasteiger partial charge in [-0.2, -0.15) is 0 Å². The van der Waals surface area contributed by atoms with Crippen LogP contribution in [0.1, 0.15) is 0 Å². The van der Waals surface area contributed by atoms with Crippen molar-refractivity contribution in [2.75, 3.05) is 0 Å². The van der Waals surface area contributed by atoms with Gasteiger partial charge in [0, 0.05) is 0 Å². The minimum atomic E-state index is 0.284. The minimum Gasteiger partial charge on any atom is -0.382 e. The molecular formula is C4H10N6. The molecule has 0 atom stereocenters. The maximum Gasteiger partial charge on any atom is 0.143 e. The molecule has 0 aromatic carbocycles. The van der Waals surface area contributed by atoms with E-state index in [1.54, 1.807) is 0 Å². The van der Waals surface area contributed by atoms with E-state index in [1.807, 2.05) is 0 Å². The van der Waals surface area contributed by atoms with Crippen molar-refractivity contribution in [2.24, 2.45) is 22.9 Å². The van der Waals surface area contributed by atoms with Gasteiger partial charge in [-0.15, -0.1) is 0 Å². The molecule has 6 nitrogen and oxygen atoms in total. The third-order valence-corrected chi connectivity index (χ3v) is 1.12. The topological polar surface area (TPSA) is 128 Å². The van der Waals surface area contributed by atoms with E-state index in [0.717, 1.165) is 0 Å². The lowest BCUT2D eigenvalue weighted by Crippen LogP contribution is -2.43. The molecule has 1 heterocycles. The SMILES string of the molecule is NC1=C(N)NC(N)=C(N)N1. The van der Waals surface area contributed by atoms with Crippen molar-refractivity contribution in [3.8, 4) is 0 Å². The van der Waals surface area contributed by atoms with Crippen LogP contribution in [0.3, 0.4) is 0 Å². The molecule has 0 aromatic rings. The molecule has 0 aliphatic carbocycles. The highest BCUT2D eigenvalue weighted by atomic mass is 15.2. The van der Waals surface area contributed by atoms with Crippen molar-refractivity contribution in [3.63, 3.8) is 0 Å². The Morgan fingerprint density at radius 3 is 1.00 bits per heavy atom. The smallest absolute Gasteiger partial charge is 0.143 e. The summed E-state index contributed by atoms with van der Waals surface area (Å²) in [6, 6.07) is 0. The Morgan fingerprint density at radius 1 is 0.600 bits per heavy atom. The summed E-state index contributed by atoms with van der Waals surface area (Å²) in [5, 5.41) is 5.16. The summed E-state index contributed by atoms with van der Waals surface area (Å²) < 4.78 is 0. The molecule has 0 unspecified atom stereocenters. The second-order valence-corrected chi connectivity index (χ2v) is 1.90. The summed E-state index contributed by atoms with van der Waals surface area (Å²) in [4.78, 5) is 0. The molecule has 0 spiro atoms. The van der Waals surface area contributed by atoms with Crippen LogP contribution in [0.5, 0.6) is 0 Å². The van der Waals surface area contributed by atoms with Crippen LogP contribution in [0.2, 0.25) is 0 Å². The van der Waals surface area contributed by atoms with Gasteiger partial charge in [-0.1, -0.05) is 0 Å². The van der Waals surface area contributed by atoms with Crippen LogP contribution >= 0.6 is 0 Å². The van der Waals surface area contributed by atoms with Gasteiger partial charge < -0.3 is 33.6 Å². The van der Waals surface area contributed by atoms with Crippen LogP contribution in [0.25, 0.3) is 0 Å². The summed E-state index contributed by atoms with van der Waals surface area (Å²) in [7, 11) is 0. The van der Waals surface area contributed by atoms with Crippen molar-refractivity contribution in [1.29, 1.82) is 0 Å². The van der Waals surface area contributed by atoms with Crippen molar-refractivity contribution in [3.05, 3.63) is 23.3 Å². The largest absolute Gasteiger partial charge is 0.382 e. The lowest BCUT2D eigenvalue weighted by atomic mass is 10.5. The van der Waals surface area contributed by atoms with E-state index in [0.29, 0.717) is 0 Å². The Labute approximate surface area is 57.9 Å². The normalized spacial score (nSPS) is 18.4. The van der Waals surface area contributed by atoms with Gasteiger partial charge in [0.1, 0.15) is 23.3 Å². The molecule has 6 heteroatoms. The molecule has 10 N–H and O–H groups in total. The van der Waals surface area contributed by atoms with E-state index < -0.39 is 0 Å². The Bertz CT molecular complexity index is 170. The predicted molar refractivity (Wildman–Crippen MR) is 37.1 cm³/mol. The average molecular weight is 142 g/mol. The summed E-state index contributed by atoms with van der Waals surface area (Å²) >= 11 is 0. The highest BCUT2D eigenvalue weighted by Gasteiger charge is 2.09. The number of rotatable bonds is 0. The zero-order valence-corrected chi connectivity index (χ0v) is 5.31. The van der Waals surface area contributed by atoms with Crippen LogP contribution in [0.15, 0.2) is 23.3 Å². The number of nitrogens with two attached hydrogens (primary N) is 4. The summed E-state index contributed by atoms with van der Waals surface area (Å²) in [6.45, 7) is 0. The first-order valence-electron chi connectivity index (χ1n) is 2.65. The molecule has 0 fully saturated rings. The fourth-order valence-electron chi connectivity index (χ4n) is 0.560. The third kappa shape index (κ3) is 0.859. The van der Waals surface area contributed by atoms with Crippen LogP contribution in [-0.2, 0) is 0 Å². The molecule has 10 heavy (non-hydrogen) atoms. The first kappa shape index (κ1) is 6.40. The minimum absolute atomic E-state index is 0.284. The Kier molecular flexibility index (Phi) is 1.22. The van der Waals surface area contributed by atoms with Gasteiger partial charge in [-0.05, 0) is 0 Å². The number of nitrogens with one attached hydrogen (secondary N) is 2. The van der Waals surface area contributed by atoms with Crippen LogP contribution < -0.4 is 33.6 Å². The molecule has 0 radical (unpaired) electrons. The number of hydrogen-bond donors (Lipinski definition) is 6. The molecule has 0 saturated heterocycles. The van der Waals surface area contributed by atoms with E-state index in [2.05, 4.69) is 10.6 Å². The van der Waals surface area contributed by atoms with E-state index >= 15 is 0 Å². The van der Waals surface area contributed by atoms with Gasteiger partial charge in [0.15, 0.2) is 0 Å². The van der Waals surface area contributed by atoms with E-state index in [4.69, 9.17) is 22.9 Å². The Hall–Kier alpha value is -1.72. The highest BCUT2D eigenvalue weighted by molar-refractivity contribution is 5.22. The van der Waals surface area contributed by atoms with Crippen LogP contribution in [0.4, 0.5) is 0 Å². The fourth-order valence-corrected chi connectivity index (χ4v) is 0.560. The molecule has 1 rings (SSSR count). The first-order chi connectivity index (χ1) is 4.61. The summed E-state index contributed by atoms with van der Waals surface area (Å²) in [5.74, 6) is 1.14. The lowest BCUT2D eigenvalue weighted by molar-refractivity contribution is 0.747. The zero-order chi connectivity index (χ0) is 7.72. The van der Waals surface area contributed by atoms with Gasteiger partial charge in [0.25, 0.3) is 0 Å². The van der Waals surface area contributed by atoms with Crippen LogP contribution in [0, 0.1) is 0 Å². The Balaban J connectivity index is 2.81. The summed E-state index contributed by atoms with van der Waals surface area (Å²) in [6.07, 6.45) is 0. The third-order valence-electron chi connectivity index (χ3n) is 1.12. The van der Waals surface area contributed by atoms with Crippen molar-refractivity contribution in [2.45, 2.75) is 0 Å². The second-order valence-electron chi connectivity index (χ2n) is 1.90. The molecule has 0 amide bonds. The zero-order valence-electron chi connectivity index (χ0n) is 5.31. The fraction of sp³-hybridized carbons (Fsp3) is 0. The lowest BCUT2D eigenvalue weighted by Gasteiger charge is -2.19. The molecule has 0 saturated carbocycles. The summed E-state index contributed by atoms with van der Waals surface area (Å²) in [5.41, 5.74) is 21.4. The van der Waals surface area contributed by atoms with Crippen molar-refractivity contribution in [1.82, 2.24) is 10.6 Å². The second kappa shape index (κ2) is 1.90. The van der Waals surface area contributed by atoms with Crippen LogP contribution in [-0.4, -0.2) is 0 Å². The van der Waals surface area contributed by atoms with E-state index in [1.165, 1.54) is 0 Å². The van der Waals surface area contributed by atoms with Gasteiger partial charge >= 0.3 is 0 Å². The first-order valence-corrected chi connectivity index (χ1v) is 2.65. The van der Waals surface area contributed by atoms with Gasteiger partial charge in [-0.3, -0.25) is 0 Å². The monoisotopic (exact) mass is 142 g/mol. The molecular weight excluding hydrogens is 132 g/mol. The maximum atomic E-state index is 5.34. The van der Waals surface area contributed by atoms with E-state index in [9.17, 15) is 0 Å². The highest BCUT2D eigenvalue weighted by Crippen LogP contribution is 1.96. The quantitative estimate of drug-likeness (QED) is 0.218. The molecule has 0 bridgehead atoms. The Morgan fingerprint density at radius 2 is 0.800 bits per heavy atom.